The Hall–Kier alpha value is -1.82. The first-order valence-electron chi connectivity index (χ1n) is 6.45. The van der Waals surface area contributed by atoms with Gasteiger partial charge in [0.05, 0.1) is 18.9 Å². The Morgan fingerprint density at radius 2 is 2.00 bits per heavy atom. The maximum absolute atomic E-state index is 12.7. The Labute approximate surface area is 128 Å². The van der Waals surface area contributed by atoms with Gasteiger partial charge in [-0.3, -0.25) is 9.59 Å². The van der Waals surface area contributed by atoms with E-state index >= 15 is 0 Å². The standard InChI is InChI=1S/C14H16FNO4.ClH/c15-11-1-3-12(4-2-11)20-8-6-13(17)16-7-5-10(9-16)14(18)19;/h1-4,10H,5-9H2,(H,18,19);1H. The number of hydrogen-bond donors (Lipinski definition) is 1. The molecule has 1 aliphatic heterocycles. The number of aliphatic carboxylic acids is 1. The summed E-state index contributed by atoms with van der Waals surface area (Å²) in [7, 11) is 0. The molecule has 21 heavy (non-hydrogen) atoms. The molecule has 0 bridgehead atoms. The molecule has 1 fully saturated rings. The molecule has 1 aliphatic rings. The van der Waals surface area contributed by atoms with Crippen LogP contribution in [0.1, 0.15) is 12.8 Å². The first kappa shape index (κ1) is 17.2. The molecule has 1 atom stereocenters. The Balaban J connectivity index is 0.00000220. The monoisotopic (exact) mass is 317 g/mol. The van der Waals surface area contributed by atoms with Gasteiger partial charge < -0.3 is 14.7 Å². The number of halogens is 2. The lowest BCUT2D eigenvalue weighted by Crippen LogP contribution is -2.30. The van der Waals surface area contributed by atoms with Crippen molar-refractivity contribution >= 4 is 24.3 Å². The first-order chi connectivity index (χ1) is 9.56. The van der Waals surface area contributed by atoms with E-state index in [1.807, 2.05) is 0 Å². The van der Waals surface area contributed by atoms with Crippen molar-refractivity contribution in [3.8, 4) is 5.75 Å². The van der Waals surface area contributed by atoms with E-state index in [2.05, 4.69) is 0 Å². The molecular weight excluding hydrogens is 301 g/mol. The second-order valence-corrected chi connectivity index (χ2v) is 4.72. The molecule has 1 saturated heterocycles. The van der Waals surface area contributed by atoms with E-state index in [0.717, 1.165) is 0 Å². The quantitative estimate of drug-likeness (QED) is 0.901. The Bertz CT molecular complexity index is 494. The molecule has 1 heterocycles. The molecule has 1 amide bonds. The average molecular weight is 318 g/mol. The van der Waals surface area contributed by atoms with Gasteiger partial charge in [-0.2, -0.15) is 0 Å². The van der Waals surface area contributed by atoms with Crippen LogP contribution in [0.25, 0.3) is 0 Å². The molecule has 116 valence electrons. The predicted octanol–water partition coefficient (Wildman–Crippen LogP) is 1.95. The number of carboxylic acid groups (broad SMARTS) is 1. The molecule has 7 heteroatoms. The van der Waals surface area contributed by atoms with Crippen molar-refractivity contribution in [1.29, 1.82) is 0 Å². The predicted molar refractivity (Wildman–Crippen MR) is 76.1 cm³/mol. The lowest BCUT2D eigenvalue weighted by atomic mass is 10.1. The molecule has 0 radical (unpaired) electrons. The Kier molecular flexibility index (Phi) is 6.42. The van der Waals surface area contributed by atoms with Crippen LogP contribution < -0.4 is 4.74 Å². The van der Waals surface area contributed by atoms with Gasteiger partial charge in [0.2, 0.25) is 5.91 Å². The SMILES string of the molecule is Cl.O=C(O)C1CCN(C(=O)CCOc2ccc(F)cc2)C1. The fourth-order valence-electron chi connectivity index (χ4n) is 2.13. The third-order valence-electron chi connectivity index (χ3n) is 3.29. The van der Waals surface area contributed by atoms with Crippen LogP contribution in [0, 0.1) is 11.7 Å². The molecule has 0 aliphatic carbocycles. The average Bonchev–Trinajstić information content (AvgIpc) is 2.91. The minimum absolute atomic E-state index is 0. The smallest absolute Gasteiger partial charge is 0.308 e. The molecule has 0 saturated carbocycles. The molecule has 1 aromatic carbocycles. The number of rotatable bonds is 5. The number of ether oxygens (including phenoxy) is 1. The van der Waals surface area contributed by atoms with Crippen molar-refractivity contribution in [3.63, 3.8) is 0 Å². The van der Waals surface area contributed by atoms with Gasteiger partial charge in [-0.15, -0.1) is 12.4 Å². The number of carbonyl (C=O) groups excluding carboxylic acids is 1. The first-order valence-corrected chi connectivity index (χ1v) is 6.45. The summed E-state index contributed by atoms with van der Waals surface area (Å²) in [6.45, 7) is 0.940. The highest BCUT2D eigenvalue weighted by Crippen LogP contribution is 2.17. The van der Waals surface area contributed by atoms with Crippen LogP contribution in [-0.4, -0.2) is 41.6 Å². The van der Waals surface area contributed by atoms with Crippen molar-refractivity contribution in [2.45, 2.75) is 12.8 Å². The Morgan fingerprint density at radius 3 is 2.57 bits per heavy atom. The summed E-state index contributed by atoms with van der Waals surface area (Å²) in [5.74, 6) is -1.27. The number of carbonyl (C=O) groups is 2. The lowest BCUT2D eigenvalue weighted by molar-refractivity contribution is -0.141. The molecule has 1 N–H and O–H groups in total. The highest BCUT2D eigenvalue weighted by molar-refractivity contribution is 5.85. The number of carboxylic acids is 1. The van der Waals surface area contributed by atoms with E-state index in [0.29, 0.717) is 18.7 Å². The summed E-state index contributed by atoms with van der Waals surface area (Å²) in [5, 5.41) is 8.87. The summed E-state index contributed by atoms with van der Waals surface area (Å²) in [4.78, 5) is 24.2. The second kappa shape index (κ2) is 7.83. The van der Waals surface area contributed by atoms with Crippen LogP contribution in [0.3, 0.4) is 0 Å². The van der Waals surface area contributed by atoms with Crippen molar-refractivity contribution in [2.75, 3.05) is 19.7 Å². The van der Waals surface area contributed by atoms with Crippen LogP contribution in [0.5, 0.6) is 5.75 Å². The third-order valence-corrected chi connectivity index (χ3v) is 3.29. The largest absolute Gasteiger partial charge is 0.493 e. The zero-order valence-corrected chi connectivity index (χ0v) is 12.1. The Morgan fingerprint density at radius 1 is 1.33 bits per heavy atom. The van der Waals surface area contributed by atoms with E-state index in [1.165, 1.54) is 24.3 Å². The van der Waals surface area contributed by atoms with Crippen LogP contribution in [0.4, 0.5) is 4.39 Å². The van der Waals surface area contributed by atoms with Crippen LogP contribution in [0.2, 0.25) is 0 Å². The summed E-state index contributed by atoms with van der Waals surface area (Å²) >= 11 is 0. The second-order valence-electron chi connectivity index (χ2n) is 4.72. The fraction of sp³-hybridized carbons (Fsp3) is 0.429. The van der Waals surface area contributed by atoms with E-state index in [9.17, 15) is 14.0 Å². The number of hydrogen-bond acceptors (Lipinski definition) is 3. The van der Waals surface area contributed by atoms with E-state index in [1.54, 1.807) is 4.90 Å². The maximum atomic E-state index is 12.7. The lowest BCUT2D eigenvalue weighted by Gasteiger charge is -2.15. The number of likely N-dealkylation sites (tertiary alicyclic amines) is 1. The van der Waals surface area contributed by atoms with Crippen LogP contribution >= 0.6 is 12.4 Å². The van der Waals surface area contributed by atoms with Crippen LogP contribution in [0.15, 0.2) is 24.3 Å². The molecule has 5 nitrogen and oxygen atoms in total. The van der Waals surface area contributed by atoms with E-state index in [-0.39, 0.29) is 43.7 Å². The summed E-state index contributed by atoms with van der Waals surface area (Å²) in [5.41, 5.74) is 0. The van der Waals surface area contributed by atoms with Gasteiger partial charge in [0, 0.05) is 13.1 Å². The van der Waals surface area contributed by atoms with Gasteiger partial charge in [0.15, 0.2) is 0 Å². The van der Waals surface area contributed by atoms with Crippen molar-refractivity contribution in [1.82, 2.24) is 4.90 Å². The minimum atomic E-state index is -0.858. The van der Waals surface area contributed by atoms with Gasteiger partial charge in [-0.1, -0.05) is 0 Å². The van der Waals surface area contributed by atoms with Gasteiger partial charge >= 0.3 is 5.97 Å². The van der Waals surface area contributed by atoms with Gasteiger partial charge in [0.25, 0.3) is 0 Å². The van der Waals surface area contributed by atoms with Gasteiger partial charge in [-0.25, -0.2) is 4.39 Å². The highest BCUT2D eigenvalue weighted by atomic mass is 35.5. The zero-order valence-electron chi connectivity index (χ0n) is 11.3. The number of nitrogens with zero attached hydrogens (tertiary/aromatic N) is 1. The van der Waals surface area contributed by atoms with E-state index < -0.39 is 11.9 Å². The van der Waals surface area contributed by atoms with Crippen molar-refractivity contribution < 1.29 is 23.8 Å². The normalized spacial score (nSPS) is 17.2. The van der Waals surface area contributed by atoms with Gasteiger partial charge in [-0.05, 0) is 30.7 Å². The third kappa shape index (κ3) is 4.90. The highest BCUT2D eigenvalue weighted by Gasteiger charge is 2.30. The molecule has 0 aromatic heterocycles. The summed E-state index contributed by atoms with van der Waals surface area (Å²) in [6.07, 6.45) is 0.684. The van der Waals surface area contributed by atoms with Crippen molar-refractivity contribution in [3.05, 3.63) is 30.1 Å². The fourth-order valence-corrected chi connectivity index (χ4v) is 2.13. The molecule has 0 spiro atoms. The van der Waals surface area contributed by atoms with Gasteiger partial charge in [0.1, 0.15) is 11.6 Å². The molecule has 1 unspecified atom stereocenters. The topological polar surface area (TPSA) is 66.8 Å². The number of benzene rings is 1. The zero-order chi connectivity index (χ0) is 14.5. The summed E-state index contributed by atoms with van der Waals surface area (Å²) < 4.78 is 18.0. The minimum Gasteiger partial charge on any atom is -0.493 e. The molecule has 2 rings (SSSR count). The van der Waals surface area contributed by atoms with Crippen LogP contribution in [-0.2, 0) is 9.59 Å². The molecular formula is C14H17ClFNO4. The van der Waals surface area contributed by atoms with E-state index in [4.69, 9.17) is 9.84 Å². The molecule has 1 aromatic rings. The maximum Gasteiger partial charge on any atom is 0.308 e. The number of amides is 1. The summed E-state index contributed by atoms with van der Waals surface area (Å²) in [6, 6.07) is 5.57. The van der Waals surface area contributed by atoms with Crippen molar-refractivity contribution in [2.24, 2.45) is 5.92 Å².